The summed E-state index contributed by atoms with van der Waals surface area (Å²) >= 11 is 0. The summed E-state index contributed by atoms with van der Waals surface area (Å²) in [6, 6.07) is 5.88. The summed E-state index contributed by atoms with van der Waals surface area (Å²) < 4.78 is 5.42. The lowest BCUT2D eigenvalue weighted by Crippen LogP contribution is -2.55. The summed E-state index contributed by atoms with van der Waals surface area (Å²) in [5, 5.41) is 11.5. The minimum absolute atomic E-state index is 0.0502. The molecule has 6 heteroatoms. The molecular weight excluding hydrogens is 354 g/mol. The van der Waals surface area contributed by atoms with E-state index >= 15 is 0 Å². The van der Waals surface area contributed by atoms with Crippen LogP contribution in [0.4, 0.5) is 0 Å². The van der Waals surface area contributed by atoms with Crippen molar-refractivity contribution in [3.63, 3.8) is 0 Å². The summed E-state index contributed by atoms with van der Waals surface area (Å²) in [6.07, 6.45) is 4.03. The number of nitrogens with one attached hydrogen (secondary N) is 1. The predicted octanol–water partition coefficient (Wildman–Crippen LogP) is 2.43. The molecule has 28 heavy (non-hydrogen) atoms. The van der Waals surface area contributed by atoms with Gasteiger partial charge < -0.3 is 24.6 Å². The molecule has 2 fully saturated rings. The van der Waals surface area contributed by atoms with Gasteiger partial charge in [0.25, 0.3) is 0 Å². The first-order valence-electron chi connectivity index (χ1n) is 10.4. The van der Waals surface area contributed by atoms with Crippen LogP contribution in [0.5, 0.6) is 5.75 Å². The molecule has 1 aromatic carbocycles. The quantitative estimate of drug-likeness (QED) is 0.854. The summed E-state index contributed by atoms with van der Waals surface area (Å²) in [5.74, 6) is 1.19. The van der Waals surface area contributed by atoms with E-state index in [9.17, 15) is 9.90 Å². The Morgan fingerprint density at radius 1 is 1.32 bits per heavy atom. The molecule has 1 spiro atoms. The maximum atomic E-state index is 13.1. The van der Waals surface area contributed by atoms with Gasteiger partial charge in [0.2, 0.25) is 5.91 Å². The average Bonchev–Trinajstić information content (AvgIpc) is 3.49. The van der Waals surface area contributed by atoms with Gasteiger partial charge in [-0.2, -0.15) is 0 Å². The van der Waals surface area contributed by atoms with Crippen LogP contribution in [0.3, 0.4) is 0 Å². The molecule has 0 radical (unpaired) electrons. The van der Waals surface area contributed by atoms with Gasteiger partial charge >= 0.3 is 0 Å². The molecule has 6 nitrogen and oxygen atoms in total. The maximum Gasteiger partial charge on any atom is 0.226 e. The standard InChI is InChI=1S/C22H29N3O3/c1-24-9-7-22(8-10-24)13-25(21(27)14-3-4-14)18(12-26)20-19(22)16-6-5-15(28-2)11-17(16)23-20/h5-6,11,14,18,23,26H,3-4,7-10,12-13H2,1-2H3/t18-/m0/s1. The number of aliphatic hydroxyl groups excluding tert-OH is 1. The van der Waals surface area contributed by atoms with Crippen molar-refractivity contribution in [3.05, 3.63) is 29.5 Å². The zero-order valence-corrected chi connectivity index (χ0v) is 16.7. The van der Waals surface area contributed by atoms with Gasteiger partial charge in [-0.3, -0.25) is 4.79 Å². The molecule has 3 heterocycles. The lowest BCUT2D eigenvalue weighted by molar-refractivity contribution is -0.138. The van der Waals surface area contributed by atoms with Crippen molar-refractivity contribution in [1.82, 2.24) is 14.8 Å². The number of methoxy groups -OCH3 is 1. The summed E-state index contributed by atoms with van der Waals surface area (Å²) in [4.78, 5) is 21.0. The van der Waals surface area contributed by atoms with E-state index in [-0.39, 0.29) is 29.9 Å². The Bertz CT molecular complexity index is 909. The van der Waals surface area contributed by atoms with E-state index in [1.54, 1.807) is 7.11 Å². The van der Waals surface area contributed by atoms with E-state index in [0.717, 1.165) is 55.7 Å². The van der Waals surface area contributed by atoms with Crippen molar-refractivity contribution in [2.75, 3.05) is 40.4 Å². The van der Waals surface area contributed by atoms with Gasteiger partial charge in [0.05, 0.1) is 19.8 Å². The molecule has 1 saturated carbocycles. The molecule has 1 aromatic heterocycles. The first-order chi connectivity index (χ1) is 13.6. The molecule has 0 unspecified atom stereocenters. The van der Waals surface area contributed by atoms with Gasteiger partial charge in [-0.05, 0) is 63.5 Å². The SMILES string of the molecule is COc1ccc2c3c([nH]c2c1)[C@H](CO)N(C(=O)C1CC1)CC31CCN(C)CC1. The van der Waals surface area contributed by atoms with Crippen molar-refractivity contribution in [3.8, 4) is 5.75 Å². The number of piperidine rings is 1. The van der Waals surface area contributed by atoms with Crippen LogP contribution in [0.2, 0.25) is 0 Å². The Hall–Kier alpha value is -2.05. The lowest BCUT2D eigenvalue weighted by Gasteiger charge is -2.50. The monoisotopic (exact) mass is 383 g/mol. The topological polar surface area (TPSA) is 68.8 Å². The number of nitrogens with zero attached hydrogens (tertiary/aromatic N) is 2. The zero-order valence-electron chi connectivity index (χ0n) is 16.7. The van der Waals surface area contributed by atoms with Crippen LogP contribution in [-0.2, 0) is 10.2 Å². The second kappa shape index (κ2) is 6.49. The number of aromatic amines is 1. The molecule has 150 valence electrons. The van der Waals surface area contributed by atoms with Crippen LogP contribution in [0.15, 0.2) is 18.2 Å². The van der Waals surface area contributed by atoms with Crippen LogP contribution >= 0.6 is 0 Å². The molecular formula is C22H29N3O3. The van der Waals surface area contributed by atoms with Crippen LogP contribution < -0.4 is 4.74 Å². The number of benzene rings is 1. The number of aliphatic hydroxyl groups is 1. The number of carbonyl (C=O) groups is 1. The molecule has 1 atom stereocenters. The van der Waals surface area contributed by atoms with E-state index in [2.05, 4.69) is 23.0 Å². The fraction of sp³-hybridized carbons (Fsp3) is 0.591. The van der Waals surface area contributed by atoms with E-state index in [0.29, 0.717) is 6.54 Å². The minimum Gasteiger partial charge on any atom is -0.497 e. The molecule has 3 aliphatic rings. The number of hydrogen-bond donors (Lipinski definition) is 2. The van der Waals surface area contributed by atoms with Crippen molar-refractivity contribution in [1.29, 1.82) is 0 Å². The number of aromatic nitrogens is 1. The Labute approximate surface area is 165 Å². The van der Waals surface area contributed by atoms with Crippen LogP contribution in [-0.4, -0.2) is 66.2 Å². The minimum atomic E-state index is -0.285. The molecule has 5 rings (SSSR count). The Morgan fingerprint density at radius 3 is 2.71 bits per heavy atom. The van der Waals surface area contributed by atoms with E-state index < -0.39 is 0 Å². The number of H-pyrrole nitrogens is 1. The van der Waals surface area contributed by atoms with Crippen LogP contribution in [0, 0.1) is 5.92 Å². The normalized spacial score (nSPS) is 24.5. The predicted molar refractivity (Wildman–Crippen MR) is 108 cm³/mol. The van der Waals surface area contributed by atoms with Crippen LogP contribution in [0.25, 0.3) is 10.9 Å². The lowest BCUT2D eigenvalue weighted by atomic mass is 9.68. The van der Waals surface area contributed by atoms with E-state index in [1.807, 2.05) is 17.0 Å². The largest absolute Gasteiger partial charge is 0.497 e. The zero-order chi connectivity index (χ0) is 19.5. The summed E-state index contributed by atoms with van der Waals surface area (Å²) in [7, 11) is 3.84. The van der Waals surface area contributed by atoms with Crippen molar-refractivity contribution >= 4 is 16.8 Å². The number of hydrogen-bond acceptors (Lipinski definition) is 4. The van der Waals surface area contributed by atoms with Gasteiger partial charge in [-0.25, -0.2) is 0 Å². The molecule has 1 aliphatic carbocycles. The van der Waals surface area contributed by atoms with E-state index in [1.165, 1.54) is 10.9 Å². The average molecular weight is 383 g/mol. The molecule has 1 amide bonds. The van der Waals surface area contributed by atoms with Gasteiger partial charge in [0.15, 0.2) is 0 Å². The summed E-state index contributed by atoms with van der Waals surface area (Å²) in [6.45, 7) is 2.72. The number of likely N-dealkylation sites (tertiary alicyclic amines) is 1. The third-order valence-electron chi connectivity index (χ3n) is 7.07. The number of ether oxygens (including phenoxy) is 1. The number of amides is 1. The molecule has 1 saturated heterocycles. The van der Waals surface area contributed by atoms with Crippen molar-refractivity contribution in [2.45, 2.75) is 37.1 Å². The van der Waals surface area contributed by atoms with Crippen molar-refractivity contribution < 1.29 is 14.6 Å². The fourth-order valence-corrected chi connectivity index (χ4v) is 5.26. The van der Waals surface area contributed by atoms with Gasteiger partial charge in [0, 0.05) is 40.5 Å². The van der Waals surface area contributed by atoms with Crippen LogP contribution in [0.1, 0.15) is 43.0 Å². The highest BCUT2D eigenvalue weighted by atomic mass is 16.5. The number of fused-ring (bicyclic) bond motifs is 4. The van der Waals surface area contributed by atoms with Gasteiger partial charge in [-0.15, -0.1) is 0 Å². The second-order valence-corrected chi connectivity index (χ2v) is 8.85. The highest BCUT2D eigenvalue weighted by Gasteiger charge is 2.50. The van der Waals surface area contributed by atoms with Gasteiger partial charge in [0.1, 0.15) is 5.75 Å². The first-order valence-corrected chi connectivity index (χ1v) is 10.4. The Kier molecular flexibility index (Phi) is 4.18. The molecule has 2 N–H and O–H groups in total. The highest BCUT2D eigenvalue weighted by molar-refractivity contribution is 5.89. The second-order valence-electron chi connectivity index (χ2n) is 8.85. The molecule has 2 aliphatic heterocycles. The molecule has 2 aromatic rings. The van der Waals surface area contributed by atoms with Crippen molar-refractivity contribution in [2.24, 2.45) is 5.92 Å². The third-order valence-corrected chi connectivity index (χ3v) is 7.07. The summed E-state index contributed by atoms with van der Waals surface area (Å²) in [5.41, 5.74) is 3.32. The van der Waals surface area contributed by atoms with Gasteiger partial charge in [-0.1, -0.05) is 0 Å². The molecule has 0 bridgehead atoms. The number of carbonyl (C=O) groups excluding carboxylic acids is 1. The smallest absolute Gasteiger partial charge is 0.226 e. The first kappa shape index (κ1) is 18.0. The Balaban J connectivity index is 1.69. The maximum absolute atomic E-state index is 13.1. The fourth-order valence-electron chi connectivity index (χ4n) is 5.26. The number of rotatable bonds is 3. The van der Waals surface area contributed by atoms with E-state index in [4.69, 9.17) is 4.74 Å². The Morgan fingerprint density at radius 2 is 2.07 bits per heavy atom. The third kappa shape index (κ3) is 2.65. The highest BCUT2D eigenvalue weighted by Crippen LogP contribution is 2.50.